The Morgan fingerprint density at radius 1 is 1.12 bits per heavy atom. The van der Waals surface area contributed by atoms with Crippen molar-refractivity contribution in [1.29, 1.82) is 0 Å². The van der Waals surface area contributed by atoms with Crippen molar-refractivity contribution in [3.8, 4) is 5.75 Å². The first kappa shape index (κ1) is 23.3. The van der Waals surface area contributed by atoms with Gasteiger partial charge in [-0.25, -0.2) is 0 Å². The van der Waals surface area contributed by atoms with E-state index in [4.69, 9.17) is 14.5 Å². The lowest BCUT2D eigenvalue weighted by atomic mass is 9.88. The summed E-state index contributed by atoms with van der Waals surface area (Å²) in [7, 11) is 1.60. The number of carbonyl (C=O) groups is 3. The normalized spacial score (nSPS) is 22.3. The Hall–Kier alpha value is -2.90. The second-order valence-electron chi connectivity index (χ2n) is 9.05. The third-order valence-corrected chi connectivity index (χ3v) is 6.98. The zero-order chi connectivity index (χ0) is 23.4. The molecule has 0 radical (unpaired) electrons. The monoisotopic (exact) mass is 455 g/mol. The fraction of sp³-hybridized carbons (Fsp3) is 0.600. The lowest BCUT2D eigenvalue weighted by Gasteiger charge is -2.40. The lowest BCUT2D eigenvalue weighted by molar-refractivity contribution is -0.152. The number of hydrogen-bond donors (Lipinski definition) is 0. The number of benzene rings is 1. The van der Waals surface area contributed by atoms with Crippen LogP contribution in [0.3, 0.4) is 0 Å². The maximum absolute atomic E-state index is 13.5. The summed E-state index contributed by atoms with van der Waals surface area (Å²) in [5.41, 5.74) is 0.493. The maximum Gasteiger partial charge on any atom is 0.310 e. The molecule has 1 aliphatic carbocycles. The SMILES string of the molecule is CCOC(=O)[C@@H]1CCCN(C(=O)CN2C(=O)C(c3ccc(OC)cc3)=NC23CCCCC3)C1. The molecule has 8 nitrogen and oxygen atoms in total. The number of piperidine rings is 1. The molecule has 8 heteroatoms. The van der Waals surface area contributed by atoms with Gasteiger partial charge in [0.2, 0.25) is 5.91 Å². The Kier molecular flexibility index (Phi) is 7.00. The zero-order valence-electron chi connectivity index (χ0n) is 19.5. The number of hydrogen-bond acceptors (Lipinski definition) is 6. The highest BCUT2D eigenvalue weighted by atomic mass is 16.5. The first-order valence-corrected chi connectivity index (χ1v) is 12.0. The quantitative estimate of drug-likeness (QED) is 0.616. The number of esters is 1. The van der Waals surface area contributed by atoms with E-state index in [2.05, 4.69) is 0 Å². The van der Waals surface area contributed by atoms with E-state index in [1.807, 2.05) is 24.3 Å². The van der Waals surface area contributed by atoms with Crippen molar-refractivity contribution in [2.75, 3.05) is 33.4 Å². The van der Waals surface area contributed by atoms with Gasteiger partial charge in [0.1, 0.15) is 23.7 Å². The van der Waals surface area contributed by atoms with E-state index in [9.17, 15) is 14.4 Å². The largest absolute Gasteiger partial charge is 0.497 e. The standard InChI is InChI=1S/C25H33N3O5/c1-3-33-24(31)19-8-7-15-27(16-19)21(29)17-28-23(30)22(18-9-11-20(32-2)12-10-18)26-25(28)13-5-4-6-14-25/h9-12,19H,3-8,13-17H2,1-2H3/t19-/m1/s1. The van der Waals surface area contributed by atoms with Crippen molar-refractivity contribution in [1.82, 2.24) is 9.80 Å². The molecular formula is C25H33N3O5. The van der Waals surface area contributed by atoms with Gasteiger partial charge in [-0.2, -0.15) is 0 Å². The Bertz CT molecular complexity index is 920. The summed E-state index contributed by atoms with van der Waals surface area (Å²) in [5, 5.41) is 0. The molecular weight excluding hydrogens is 422 g/mol. The van der Waals surface area contributed by atoms with Crippen LogP contribution in [0.1, 0.15) is 57.4 Å². The first-order chi connectivity index (χ1) is 16.0. The fourth-order valence-corrected chi connectivity index (χ4v) is 5.18. The van der Waals surface area contributed by atoms with Gasteiger partial charge in [0.25, 0.3) is 5.91 Å². The fourth-order valence-electron chi connectivity index (χ4n) is 5.18. The number of rotatable bonds is 6. The molecule has 178 valence electrons. The molecule has 1 aromatic rings. The van der Waals surface area contributed by atoms with Crippen LogP contribution >= 0.6 is 0 Å². The van der Waals surface area contributed by atoms with Gasteiger partial charge >= 0.3 is 5.97 Å². The molecule has 1 saturated carbocycles. The van der Waals surface area contributed by atoms with Crippen LogP contribution in [0.5, 0.6) is 5.75 Å². The van der Waals surface area contributed by atoms with Gasteiger partial charge in [0.15, 0.2) is 0 Å². The number of nitrogens with zero attached hydrogens (tertiary/aromatic N) is 3. The van der Waals surface area contributed by atoms with Gasteiger partial charge in [0.05, 0.1) is 19.6 Å². The van der Waals surface area contributed by atoms with Crippen LogP contribution in [-0.2, 0) is 19.1 Å². The van der Waals surface area contributed by atoms with E-state index >= 15 is 0 Å². The highest BCUT2D eigenvalue weighted by molar-refractivity contribution is 6.47. The van der Waals surface area contributed by atoms with E-state index in [0.29, 0.717) is 31.2 Å². The van der Waals surface area contributed by atoms with Crippen molar-refractivity contribution in [3.05, 3.63) is 29.8 Å². The number of ether oxygens (including phenoxy) is 2. The molecule has 2 heterocycles. The molecule has 4 rings (SSSR count). The molecule has 0 aromatic heterocycles. The summed E-state index contributed by atoms with van der Waals surface area (Å²) < 4.78 is 10.4. The van der Waals surface area contributed by atoms with Crippen molar-refractivity contribution >= 4 is 23.5 Å². The summed E-state index contributed by atoms with van der Waals surface area (Å²) >= 11 is 0. The Morgan fingerprint density at radius 2 is 1.85 bits per heavy atom. The van der Waals surface area contributed by atoms with Crippen molar-refractivity contribution in [3.63, 3.8) is 0 Å². The number of aliphatic imine (C=N–C) groups is 1. The van der Waals surface area contributed by atoms with Crippen molar-refractivity contribution in [2.24, 2.45) is 10.9 Å². The average molecular weight is 456 g/mol. The van der Waals surface area contributed by atoms with Gasteiger partial charge in [-0.3, -0.25) is 19.4 Å². The number of amides is 2. The Balaban J connectivity index is 1.52. The van der Waals surface area contributed by atoms with Crippen LogP contribution in [0.25, 0.3) is 0 Å². The van der Waals surface area contributed by atoms with Crippen LogP contribution in [0, 0.1) is 5.92 Å². The molecule has 1 spiro atoms. The molecule has 2 aliphatic heterocycles. The second kappa shape index (κ2) is 9.93. The summed E-state index contributed by atoms with van der Waals surface area (Å²) in [6, 6.07) is 7.31. The van der Waals surface area contributed by atoms with Crippen LogP contribution in [0.15, 0.2) is 29.3 Å². The summed E-state index contributed by atoms with van der Waals surface area (Å²) in [6.07, 6.45) is 6.06. The molecule has 0 unspecified atom stereocenters. The molecule has 33 heavy (non-hydrogen) atoms. The minimum absolute atomic E-state index is 0.0163. The topological polar surface area (TPSA) is 88.5 Å². The minimum Gasteiger partial charge on any atom is -0.497 e. The summed E-state index contributed by atoms with van der Waals surface area (Å²) in [4.78, 5) is 47.3. The molecule has 2 amide bonds. The smallest absolute Gasteiger partial charge is 0.310 e. The van der Waals surface area contributed by atoms with Gasteiger partial charge < -0.3 is 19.3 Å². The number of methoxy groups -OCH3 is 1. The molecule has 2 fully saturated rings. The van der Waals surface area contributed by atoms with Gasteiger partial charge in [-0.1, -0.05) is 6.42 Å². The first-order valence-electron chi connectivity index (χ1n) is 12.0. The average Bonchev–Trinajstić information content (AvgIpc) is 3.10. The number of carbonyl (C=O) groups excluding carboxylic acids is 3. The highest BCUT2D eigenvalue weighted by Crippen LogP contribution is 2.39. The van der Waals surface area contributed by atoms with Crippen LogP contribution in [0.2, 0.25) is 0 Å². The van der Waals surface area contributed by atoms with Crippen LogP contribution in [0.4, 0.5) is 0 Å². The Morgan fingerprint density at radius 3 is 2.52 bits per heavy atom. The van der Waals surface area contributed by atoms with Crippen molar-refractivity contribution in [2.45, 2.75) is 57.5 Å². The molecule has 1 saturated heterocycles. The van der Waals surface area contributed by atoms with E-state index < -0.39 is 5.66 Å². The second-order valence-corrected chi connectivity index (χ2v) is 9.05. The molecule has 0 bridgehead atoms. The lowest BCUT2D eigenvalue weighted by Crippen LogP contribution is -2.54. The van der Waals surface area contributed by atoms with E-state index in [0.717, 1.165) is 50.5 Å². The molecule has 0 N–H and O–H groups in total. The predicted octanol–water partition coefficient (Wildman–Crippen LogP) is 2.79. The van der Waals surface area contributed by atoms with Gasteiger partial charge in [-0.05, 0) is 69.7 Å². The van der Waals surface area contributed by atoms with E-state index in [1.54, 1.807) is 23.8 Å². The molecule has 1 aromatic carbocycles. The maximum atomic E-state index is 13.5. The van der Waals surface area contributed by atoms with Crippen LogP contribution < -0.4 is 4.74 Å². The van der Waals surface area contributed by atoms with E-state index in [-0.39, 0.29) is 30.2 Å². The predicted molar refractivity (Wildman–Crippen MR) is 123 cm³/mol. The van der Waals surface area contributed by atoms with Gasteiger partial charge in [-0.15, -0.1) is 0 Å². The third kappa shape index (κ3) is 4.75. The highest BCUT2D eigenvalue weighted by Gasteiger charge is 2.48. The van der Waals surface area contributed by atoms with E-state index in [1.165, 1.54) is 0 Å². The third-order valence-electron chi connectivity index (χ3n) is 6.98. The molecule has 3 aliphatic rings. The van der Waals surface area contributed by atoms with Gasteiger partial charge in [0, 0.05) is 18.7 Å². The zero-order valence-corrected chi connectivity index (χ0v) is 19.5. The molecule has 1 atom stereocenters. The Labute approximate surface area is 194 Å². The summed E-state index contributed by atoms with van der Waals surface area (Å²) in [5.74, 6) is -0.166. The van der Waals surface area contributed by atoms with Crippen molar-refractivity contribution < 1.29 is 23.9 Å². The number of likely N-dealkylation sites (tertiary alicyclic amines) is 1. The summed E-state index contributed by atoms with van der Waals surface area (Å²) in [6.45, 7) is 3.04. The van der Waals surface area contributed by atoms with Crippen LogP contribution in [-0.4, -0.2) is 72.3 Å². The minimum atomic E-state index is -0.656.